The third kappa shape index (κ3) is 5.70. The highest BCUT2D eigenvalue weighted by molar-refractivity contribution is 7.09. The van der Waals surface area contributed by atoms with Crippen molar-refractivity contribution < 1.29 is 14.3 Å². The SMILES string of the molecule is Cc1ccc(C)c(NC(=O)Cc2nc(CN3CCN(C(=O)C4CCCO4)CC3)cs2)c1. The van der Waals surface area contributed by atoms with E-state index >= 15 is 0 Å². The summed E-state index contributed by atoms with van der Waals surface area (Å²) in [4.78, 5) is 33.8. The maximum atomic E-state index is 12.5. The number of benzene rings is 1. The van der Waals surface area contributed by atoms with Crippen LogP contribution >= 0.6 is 11.3 Å². The summed E-state index contributed by atoms with van der Waals surface area (Å²) in [5, 5.41) is 5.85. The average molecular weight is 443 g/mol. The summed E-state index contributed by atoms with van der Waals surface area (Å²) in [7, 11) is 0. The lowest BCUT2D eigenvalue weighted by molar-refractivity contribution is -0.142. The number of amides is 2. The minimum Gasteiger partial charge on any atom is -0.368 e. The van der Waals surface area contributed by atoms with Gasteiger partial charge in [0, 0.05) is 50.4 Å². The number of hydrogen-bond acceptors (Lipinski definition) is 6. The van der Waals surface area contributed by atoms with Crippen LogP contribution < -0.4 is 5.32 Å². The van der Waals surface area contributed by atoms with Crippen LogP contribution in [0.3, 0.4) is 0 Å². The van der Waals surface area contributed by atoms with E-state index in [4.69, 9.17) is 4.74 Å². The predicted octanol–water partition coefficient (Wildman–Crippen LogP) is 2.76. The third-order valence-electron chi connectivity index (χ3n) is 5.85. The van der Waals surface area contributed by atoms with Crippen molar-refractivity contribution >= 4 is 28.8 Å². The number of hydrogen-bond donors (Lipinski definition) is 1. The number of aryl methyl sites for hydroxylation is 2. The van der Waals surface area contributed by atoms with Gasteiger partial charge in [0.25, 0.3) is 5.91 Å². The fourth-order valence-electron chi connectivity index (χ4n) is 4.04. The Bertz CT molecular complexity index is 931. The monoisotopic (exact) mass is 442 g/mol. The second kappa shape index (κ2) is 9.89. The molecule has 3 heterocycles. The van der Waals surface area contributed by atoms with Crippen molar-refractivity contribution in [2.24, 2.45) is 0 Å². The van der Waals surface area contributed by atoms with Gasteiger partial charge in [0.1, 0.15) is 11.1 Å². The fourth-order valence-corrected chi connectivity index (χ4v) is 4.82. The number of rotatable bonds is 6. The molecule has 1 aromatic heterocycles. The minimum atomic E-state index is -0.234. The summed E-state index contributed by atoms with van der Waals surface area (Å²) >= 11 is 1.53. The number of carbonyl (C=O) groups excluding carboxylic acids is 2. The maximum absolute atomic E-state index is 12.5. The van der Waals surface area contributed by atoms with Gasteiger partial charge in [0.05, 0.1) is 12.1 Å². The Morgan fingerprint density at radius 2 is 2.03 bits per heavy atom. The largest absolute Gasteiger partial charge is 0.368 e. The number of ether oxygens (including phenoxy) is 1. The van der Waals surface area contributed by atoms with Gasteiger partial charge in [0.2, 0.25) is 5.91 Å². The van der Waals surface area contributed by atoms with E-state index in [-0.39, 0.29) is 24.3 Å². The molecule has 0 bridgehead atoms. The van der Waals surface area contributed by atoms with E-state index in [0.717, 1.165) is 73.1 Å². The number of carbonyl (C=O) groups is 2. The van der Waals surface area contributed by atoms with Gasteiger partial charge in [-0.15, -0.1) is 11.3 Å². The highest BCUT2D eigenvalue weighted by atomic mass is 32.1. The average Bonchev–Trinajstić information content (AvgIpc) is 3.43. The van der Waals surface area contributed by atoms with Crippen LogP contribution in [0.15, 0.2) is 23.6 Å². The lowest BCUT2D eigenvalue weighted by atomic mass is 10.1. The molecule has 0 aliphatic carbocycles. The van der Waals surface area contributed by atoms with Gasteiger partial charge in [-0.05, 0) is 43.9 Å². The van der Waals surface area contributed by atoms with Crippen molar-refractivity contribution in [2.45, 2.75) is 45.8 Å². The van der Waals surface area contributed by atoms with E-state index in [9.17, 15) is 9.59 Å². The van der Waals surface area contributed by atoms with Crippen molar-refractivity contribution in [1.82, 2.24) is 14.8 Å². The van der Waals surface area contributed by atoms with Gasteiger partial charge in [-0.25, -0.2) is 4.98 Å². The number of nitrogens with one attached hydrogen (secondary N) is 1. The topological polar surface area (TPSA) is 74.8 Å². The quantitative estimate of drug-likeness (QED) is 0.745. The molecule has 2 amide bonds. The number of aromatic nitrogens is 1. The summed E-state index contributed by atoms with van der Waals surface area (Å²) in [6.07, 6.45) is 1.87. The van der Waals surface area contributed by atoms with E-state index in [1.807, 2.05) is 42.3 Å². The second-order valence-corrected chi connectivity index (χ2v) is 9.32. The zero-order valence-corrected chi connectivity index (χ0v) is 19.0. The minimum absolute atomic E-state index is 0.0455. The Balaban J connectivity index is 1.24. The van der Waals surface area contributed by atoms with Gasteiger partial charge >= 0.3 is 0 Å². The lowest BCUT2D eigenvalue weighted by Crippen LogP contribution is -2.51. The van der Waals surface area contributed by atoms with Gasteiger partial charge in [-0.1, -0.05) is 12.1 Å². The Morgan fingerprint density at radius 1 is 1.23 bits per heavy atom. The molecule has 1 unspecified atom stereocenters. The molecule has 0 radical (unpaired) electrons. The van der Waals surface area contributed by atoms with Crippen LogP contribution in [0.5, 0.6) is 0 Å². The van der Waals surface area contributed by atoms with Crippen LogP contribution in [0.25, 0.3) is 0 Å². The first-order chi connectivity index (χ1) is 15.0. The van der Waals surface area contributed by atoms with E-state index in [1.54, 1.807) is 0 Å². The number of anilines is 1. The molecule has 166 valence electrons. The van der Waals surface area contributed by atoms with Crippen molar-refractivity contribution in [2.75, 3.05) is 38.1 Å². The molecule has 1 aromatic carbocycles. The Labute approximate surface area is 187 Å². The predicted molar refractivity (Wildman–Crippen MR) is 121 cm³/mol. The van der Waals surface area contributed by atoms with Crippen LogP contribution in [0.2, 0.25) is 0 Å². The highest BCUT2D eigenvalue weighted by Gasteiger charge is 2.30. The molecular weight excluding hydrogens is 412 g/mol. The van der Waals surface area contributed by atoms with Crippen LogP contribution in [0.4, 0.5) is 5.69 Å². The highest BCUT2D eigenvalue weighted by Crippen LogP contribution is 2.19. The Morgan fingerprint density at radius 3 is 2.77 bits per heavy atom. The molecule has 2 aromatic rings. The van der Waals surface area contributed by atoms with Crippen molar-refractivity contribution in [3.63, 3.8) is 0 Å². The second-order valence-electron chi connectivity index (χ2n) is 8.38. The molecular formula is C23H30N4O3S. The maximum Gasteiger partial charge on any atom is 0.251 e. The first-order valence-corrected chi connectivity index (χ1v) is 11.8. The molecule has 2 fully saturated rings. The third-order valence-corrected chi connectivity index (χ3v) is 6.75. The molecule has 1 atom stereocenters. The van der Waals surface area contributed by atoms with E-state index in [0.29, 0.717) is 6.61 Å². The first kappa shape index (κ1) is 21.9. The molecule has 0 spiro atoms. The smallest absolute Gasteiger partial charge is 0.251 e. The van der Waals surface area contributed by atoms with Crippen LogP contribution in [0.1, 0.15) is 34.7 Å². The number of nitrogens with zero attached hydrogens (tertiary/aromatic N) is 3. The van der Waals surface area contributed by atoms with Gasteiger partial charge in [-0.3, -0.25) is 14.5 Å². The van der Waals surface area contributed by atoms with Gasteiger partial charge < -0.3 is 15.0 Å². The van der Waals surface area contributed by atoms with Crippen molar-refractivity contribution in [3.05, 3.63) is 45.4 Å². The summed E-state index contributed by atoms with van der Waals surface area (Å²) in [5.74, 6) is 0.0961. The zero-order valence-electron chi connectivity index (χ0n) is 18.2. The summed E-state index contributed by atoms with van der Waals surface area (Å²) in [6, 6.07) is 6.04. The standard InChI is InChI=1S/C23H30N4O3S/c1-16-5-6-17(2)19(12-16)25-21(28)13-22-24-18(15-31-22)14-26-7-9-27(10-8-26)23(29)20-4-3-11-30-20/h5-6,12,15,20H,3-4,7-11,13-14H2,1-2H3,(H,25,28). The molecule has 31 heavy (non-hydrogen) atoms. The Hall–Kier alpha value is -2.29. The van der Waals surface area contributed by atoms with E-state index in [2.05, 4.69) is 15.2 Å². The van der Waals surface area contributed by atoms with Crippen LogP contribution in [-0.2, 0) is 27.3 Å². The van der Waals surface area contributed by atoms with E-state index < -0.39 is 0 Å². The van der Waals surface area contributed by atoms with Crippen LogP contribution in [0, 0.1) is 13.8 Å². The molecule has 0 saturated carbocycles. The number of thiazole rings is 1. The lowest BCUT2D eigenvalue weighted by Gasteiger charge is -2.35. The molecule has 2 aliphatic rings. The van der Waals surface area contributed by atoms with Crippen LogP contribution in [-0.4, -0.2) is 65.5 Å². The molecule has 1 N–H and O–H groups in total. The Kier molecular flexibility index (Phi) is 6.99. The van der Waals surface area contributed by atoms with Gasteiger partial charge in [0.15, 0.2) is 0 Å². The zero-order chi connectivity index (χ0) is 21.8. The number of piperazine rings is 1. The van der Waals surface area contributed by atoms with Crippen molar-refractivity contribution in [3.8, 4) is 0 Å². The first-order valence-electron chi connectivity index (χ1n) is 10.9. The molecule has 8 heteroatoms. The van der Waals surface area contributed by atoms with Gasteiger partial charge in [-0.2, -0.15) is 0 Å². The molecule has 4 rings (SSSR count). The normalized spacial score (nSPS) is 19.5. The van der Waals surface area contributed by atoms with E-state index in [1.165, 1.54) is 11.3 Å². The summed E-state index contributed by atoms with van der Waals surface area (Å²) in [5.41, 5.74) is 4.02. The molecule has 2 saturated heterocycles. The van der Waals surface area contributed by atoms with Crippen molar-refractivity contribution in [1.29, 1.82) is 0 Å². The summed E-state index contributed by atoms with van der Waals surface area (Å²) < 4.78 is 5.53. The fraction of sp³-hybridized carbons (Fsp3) is 0.522. The summed E-state index contributed by atoms with van der Waals surface area (Å²) in [6.45, 7) is 8.58. The molecule has 7 nitrogen and oxygen atoms in total. The molecule has 2 aliphatic heterocycles.